The lowest BCUT2D eigenvalue weighted by atomic mass is 9.67. The van der Waals surface area contributed by atoms with Crippen molar-refractivity contribution in [3.8, 4) is 0 Å². The first-order valence-electron chi connectivity index (χ1n) is 16.0. The summed E-state index contributed by atoms with van der Waals surface area (Å²) in [5, 5.41) is 0. The van der Waals surface area contributed by atoms with Crippen molar-refractivity contribution in [2.75, 3.05) is 0 Å². The molecule has 35 heavy (non-hydrogen) atoms. The molecular formula is C34H54Si. The predicted molar refractivity (Wildman–Crippen MR) is 153 cm³/mol. The molecule has 0 aromatic heterocycles. The Bertz CT molecular complexity index is 843. The molecule has 0 bridgehead atoms. The summed E-state index contributed by atoms with van der Waals surface area (Å²) in [4.78, 5) is 0. The van der Waals surface area contributed by atoms with Crippen LogP contribution in [0, 0.1) is 47.3 Å². The molecule has 11 unspecified atom stereocenters. The van der Waals surface area contributed by atoms with Crippen molar-refractivity contribution in [2.45, 2.75) is 127 Å². The van der Waals surface area contributed by atoms with Gasteiger partial charge < -0.3 is 0 Å². The lowest BCUT2D eigenvalue weighted by molar-refractivity contribution is 0.124. The van der Waals surface area contributed by atoms with E-state index in [4.69, 9.17) is 0 Å². The highest BCUT2D eigenvalue weighted by atomic mass is 28.3. The Kier molecular flexibility index (Phi) is 7.04. The van der Waals surface area contributed by atoms with Crippen LogP contribution in [0.25, 0.3) is 0 Å². The zero-order valence-electron chi connectivity index (χ0n) is 23.4. The van der Waals surface area contributed by atoms with Crippen molar-refractivity contribution in [2.24, 2.45) is 47.3 Å². The van der Waals surface area contributed by atoms with Crippen LogP contribution in [0.4, 0.5) is 0 Å². The average Bonchev–Trinajstić information content (AvgIpc) is 3.59. The third kappa shape index (κ3) is 4.42. The van der Waals surface area contributed by atoms with Gasteiger partial charge in [0.15, 0.2) is 0 Å². The summed E-state index contributed by atoms with van der Waals surface area (Å²) in [6, 6.07) is 11.5. The number of rotatable bonds is 6. The van der Waals surface area contributed by atoms with Crippen LogP contribution < -0.4 is 0 Å². The fraction of sp³-hybridized carbons (Fsp3) is 0.824. The molecule has 0 saturated heterocycles. The number of hydrogen-bond acceptors (Lipinski definition) is 0. The Balaban J connectivity index is 1.26. The lowest BCUT2D eigenvalue weighted by Gasteiger charge is -2.46. The quantitative estimate of drug-likeness (QED) is 0.348. The first-order valence-corrected chi connectivity index (χ1v) is 19.2. The number of hydrogen-bond donors (Lipinski definition) is 0. The molecule has 0 nitrogen and oxygen atoms in total. The third-order valence-electron chi connectivity index (χ3n) is 13.2. The maximum atomic E-state index is 2.92. The Morgan fingerprint density at radius 3 is 2.06 bits per heavy atom. The van der Waals surface area contributed by atoms with Crippen molar-refractivity contribution >= 4 is 8.07 Å². The van der Waals surface area contributed by atoms with E-state index in [0.29, 0.717) is 0 Å². The van der Waals surface area contributed by atoms with Gasteiger partial charge >= 0.3 is 0 Å². The van der Waals surface area contributed by atoms with Crippen LogP contribution >= 0.6 is 0 Å². The van der Waals surface area contributed by atoms with Gasteiger partial charge in [0.2, 0.25) is 0 Å². The molecule has 0 N–H and O–H groups in total. The Morgan fingerprint density at radius 1 is 0.714 bits per heavy atom. The van der Waals surface area contributed by atoms with Crippen LogP contribution in [-0.2, 0) is 0 Å². The van der Waals surface area contributed by atoms with E-state index in [1.54, 1.807) is 56.9 Å². The second-order valence-electron chi connectivity index (χ2n) is 14.8. The number of fused-ring (bicyclic) bond motifs is 3. The highest BCUT2D eigenvalue weighted by Gasteiger charge is 2.58. The second kappa shape index (κ2) is 9.96. The highest BCUT2D eigenvalue weighted by molar-refractivity contribution is 6.80. The highest BCUT2D eigenvalue weighted by Crippen LogP contribution is 2.66. The Morgan fingerprint density at radius 2 is 1.34 bits per heavy atom. The van der Waals surface area contributed by atoms with Crippen molar-refractivity contribution in [1.82, 2.24) is 0 Å². The van der Waals surface area contributed by atoms with Gasteiger partial charge in [0, 0.05) is 0 Å². The molecule has 0 radical (unpaired) electrons. The van der Waals surface area contributed by atoms with Gasteiger partial charge in [-0.05, 0) is 108 Å². The Labute approximate surface area is 218 Å². The van der Waals surface area contributed by atoms with Crippen LogP contribution in [0.2, 0.25) is 24.2 Å². The largest absolute Gasteiger partial charge is 0.0689 e. The smallest absolute Gasteiger partial charge is 0.0541 e. The average molecular weight is 491 g/mol. The van der Waals surface area contributed by atoms with E-state index in [-0.39, 0.29) is 0 Å². The molecule has 6 rings (SSSR count). The summed E-state index contributed by atoms with van der Waals surface area (Å²) in [5.41, 5.74) is 3.84. The molecule has 0 spiro atoms. The van der Waals surface area contributed by atoms with Crippen molar-refractivity contribution < 1.29 is 0 Å². The topological polar surface area (TPSA) is 0 Å². The van der Waals surface area contributed by atoms with Gasteiger partial charge in [0.05, 0.1) is 8.07 Å². The van der Waals surface area contributed by atoms with E-state index in [0.717, 1.165) is 64.3 Å². The standard InChI is InChI=1S/C34H54Si/c1-5-24-21-33(30-17-10-9-16-29(24)30)35(3,4)34-22-28(18-23(2)25-12-7-6-8-13-25)31-19-26-14-11-15-27(26)20-32(31)34/h6-8,12-13,23-24,26-34H,5,9-11,14-22H2,1-4H3. The summed E-state index contributed by atoms with van der Waals surface area (Å²) < 4.78 is 0. The molecule has 5 saturated carbocycles. The van der Waals surface area contributed by atoms with Crippen LogP contribution in [0.3, 0.4) is 0 Å². The zero-order valence-corrected chi connectivity index (χ0v) is 24.4. The molecular weight excluding hydrogens is 436 g/mol. The molecule has 194 valence electrons. The summed E-state index contributed by atoms with van der Waals surface area (Å²) in [7, 11) is -1.33. The molecule has 0 amide bonds. The lowest BCUT2D eigenvalue weighted by Crippen LogP contribution is -2.44. The molecule has 5 aliphatic rings. The zero-order chi connectivity index (χ0) is 24.2. The van der Waals surface area contributed by atoms with Gasteiger partial charge in [-0.3, -0.25) is 0 Å². The summed E-state index contributed by atoms with van der Waals surface area (Å²) in [6.07, 6.45) is 20.3. The van der Waals surface area contributed by atoms with E-state index in [2.05, 4.69) is 57.3 Å². The van der Waals surface area contributed by atoms with Crippen molar-refractivity contribution in [3.63, 3.8) is 0 Å². The molecule has 0 aliphatic heterocycles. The van der Waals surface area contributed by atoms with Crippen LogP contribution in [-0.4, -0.2) is 8.07 Å². The van der Waals surface area contributed by atoms with E-state index in [1.807, 2.05) is 0 Å². The third-order valence-corrected chi connectivity index (χ3v) is 18.4. The van der Waals surface area contributed by atoms with Crippen LogP contribution in [0.15, 0.2) is 30.3 Å². The number of benzene rings is 1. The fourth-order valence-electron chi connectivity index (χ4n) is 11.5. The minimum absolute atomic E-state index is 0.727. The predicted octanol–water partition coefficient (Wildman–Crippen LogP) is 10.3. The van der Waals surface area contributed by atoms with Gasteiger partial charge in [-0.1, -0.05) is 102 Å². The van der Waals surface area contributed by atoms with E-state index < -0.39 is 8.07 Å². The fourth-order valence-corrected chi connectivity index (χ4v) is 16.9. The maximum Gasteiger partial charge on any atom is 0.0541 e. The van der Waals surface area contributed by atoms with Gasteiger partial charge in [-0.25, -0.2) is 0 Å². The summed E-state index contributed by atoms with van der Waals surface area (Å²) in [5.74, 6) is 9.34. The van der Waals surface area contributed by atoms with Crippen LogP contribution in [0.1, 0.15) is 109 Å². The minimum atomic E-state index is -1.33. The SMILES string of the molecule is CCC1CC([Si](C)(C)C2CC(CC(C)c3ccccc3)C3CC4CCCC4CC32)C2CCCCC12. The van der Waals surface area contributed by atoms with E-state index in [9.17, 15) is 0 Å². The monoisotopic (exact) mass is 490 g/mol. The molecule has 1 aromatic rings. The normalized spacial score (nSPS) is 44.0. The van der Waals surface area contributed by atoms with Crippen molar-refractivity contribution in [3.05, 3.63) is 35.9 Å². The molecule has 5 fully saturated rings. The molecule has 1 aromatic carbocycles. The Hall–Kier alpha value is -0.563. The first-order chi connectivity index (χ1) is 17.0. The second-order valence-corrected chi connectivity index (χ2v) is 20.0. The van der Waals surface area contributed by atoms with E-state index in [1.165, 1.54) is 32.1 Å². The molecule has 1 heteroatoms. The molecule has 11 atom stereocenters. The van der Waals surface area contributed by atoms with E-state index >= 15 is 0 Å². The van der Waals surface area contributed by atoms with Gasteiger partial charge in [-0.15, -0.1) is 0 Å². The van der Waals surface area contributed by atoms with Gasteiger partial charge in [0.25, 0.3) is 0 Å². The van der Waals surface area contributed by atoms with Crippen LogP contribution in [0.5, 0.6) is 0 Å². The summed E-state index contributed by atoms with van der Waals surface area (Å²) in [6.45, 7) is 10.9. The molecule has 5 aliphatic carbocycles. The minimum Gasteiger partial charge on any atom is -0.0689 e. The van der Waals surface area contributed by atoms with Gasteiger partial charge in [0.1, 0.15) is 0 Å². The van der Waals surface area contributed by atoms with Crippen molar-refractivity contribution in [1.29, 1.82) is 0 Å². The first kappa shape index (κ1) is 24.8. The van der Waals surface area contributed by atoms with Gasteiger partial charge in [-0.2, -0.15) is 0 Å². The molecule has 0 heterocycles. The maximum absolute atomic E-state index is 2.92. The summed E-state index contributed by atoms with van der Waals surface area (Å²) >= 11 is 0.